The number of nitrogens with two attached hydrogens (primary N) is 1. The van der Waals surface area contributed by atoms with Crippen molar-refractivity contribution in [3.8, 4) is 0 Å². The van der Waals surface area contributed by atoms with Gasteiger partial charge in [0.25, 0.3) is 0 Å². The first-order valence-corrected chi connectivity index (χ1v) is 7.88. The van der Waals surface area contributed by atoms with Crippen molar-refractivity contribution in [1.29, 1.82) is 0 Å². The highest BCUT2D eigenvalue weighted by Crippen LogP contribution is 2.27. The van der Waals surface area contributed by atoms with E-state index in [0.717, 1.165) is 17.7 Å². The summed E-state index contributed by atoms with van der Waals surface area (Å²) in [5.41, 5.74) is 5.31. The topological polar surface area (TPSA) is 63.4 Å². The number of hydrogen-bond donors (Lipinski definition) is 1. The minimum Gasteiger partial charge on any atom is -0.369 e. The Labute approximate surface area is 127 Å². The summed E-state index contributed by atoms with van der Waals surface area (Å²) >= 11 is 7.47. The van der Waals surface area contributed by atoms with E-state index < -0.39 is 0 Å². The lowest BCUT2D eigenvalue weighted by Crippen LogP contribution is -2.44. The first-order chi connectivity index (χ1) is 9.58. The third-order valence-corrected chi connectivity index (χ3v) is 4.86. The average Bonchev–Trinajstić information content (AvgIpc) is 2.46. The lowest BCUT2D eigenvalue weighted by molar-refractivity contribution is -0.132. The van der Waals surface area contributed by atoms with Crippen LogP contribution in [0.25, 0.3) is 0 Å². The lowest BCUT2D eigenvalue weighted by atomic mass is 9.97. The van der Waals surface area contributed by atoms with E-state index >= 15 is 0 Å². The molecule has 1 aliphatic heterocycles. The minimum atomic E-state index is -0.318. The van der Waals surface area contributed by atoms with Crippen molar-refractivity contribution < 1.29 is 9.59 Å². The van der Waals surface area contributed by atoms with Gasteiger partial charge in [-0.2, -0.15) is 0 Å². The molecule has 1 heterocycles. The summed E-state index contributed by atoms with van der Waals surface area (Å²) < 4.78 is 0. The van der Waals surface area contributed by atoms with Crippen LogP contribution in [0.1, 0.15) is 12.8 Å². The highest BCUT2D eigenvalue weighted by molar-refractivity contribution is 8.00. The normalized spacial score (nSPS) is 18.9. The Bertz CT molecular complexity index is 510. The molecule has 0 bridgehead atoms. The van der Waals surface area contributed by atoms with Crippen molar-refractivity contribution in [2.45, 2.75) is 17.7 Å². The van der Waals surface area contributed by atoms with Gasteiger partial charge in [0.2, 0.25) is 11.8 Å². The van der Waals surface area contributed by atoms with Crippen molar-refractivity contribution in [1.82, 2.24) is 4.90 Å². The minimum absolute atomic E-state index is 0.0286. The smallest absolute Gasteiger partial charge is 0.232 e. The fourth-order valence-corrected chi connectivity index (χ4v) is 3.37. The van der Waals surface area contributed by atoms with Gasteiger partial charge < -0.3 is 10.6 Å². The number of likely N-dealkylation sites (tertiary alicyclic amines) is 1. The Kier molecular flexibility index (Phi) is 5.31. The van der Waals surface area contributed by atoms with Crippen LogP contribution in [0.2, 0.25) is 5.02 Å². The molecule has 0 aliphatic carbocycles. The van der Waals surface area contributed by atoms with Gasteiger partial charge in [0.05, 0.1) is 16.7 Å². The molecule has 1 fully saturated rings. The zero-order valence-corrected chi connectivity index (χ0v) is 12.6. The van der Waals surface area contributed by atoms with E-state index in [-0.39, 0.29) is 17.7 Å². The van der Waals surface area contributed by atoms with Crippen molar-refractivity contribution >= 4 is 35.2 Å². The number of halogens is 1. The number of rotatable bonds is 4. The Morgan fingerprint density at radius 1 is 1.40 bits per heavy atom. The highest BCUT2D eigenvalue weighted by Gasteiger charge is 2.26. The molecule has 0 radical (unpaired) electrons. The van der Waals surface area contributed by atoms with Gasteiger partial charge in [-0.1, -0.05) is 23.7 Å². The second-order valence-corrected chi connectivity index (χ2v) is 6.22. The summed E-state index contributed by atoms with van der Waals surface area (Å²) in [6, 6.07) is 7.44. The fraction of sp³-hybridized carbons (Fsp3) is 0.429. The van der Waals surface area contributed by atoms with Crippen LogP contribution in [0.4, 0.5) is 0 Å². The number of primary amides is 1. The van der Waals surface area contributed by atoms with Crippen LogP contribution >= 0.6 is 23.4 Å². The number of carbonyl (C=O) groups excluding carboxylic acids is 2. The largest absolute Gasteiger partial charge is 0.369 e. The molecule has 0 saturated carbocycles. The molecule has 1 atom stereocenters. The number of nitrogens with zero attached hydrogens (tertiary/aromatic N) is 1. The van der Waals surface area contributed by atoms with Crippen LogP contribution in [0.15, 0.2) is 29.2 Å². The van der Waals surface area contributed by atoms with Crippen LogP contribution in [0.5, 0.6) is 0 Å². The van der Waals surface area contributed by atoms with Crippen LogP contribution < -0.4 is 5.73 Å². The molecule has 1 unspecified atom stereocenters. The molecule has 20 heavy (non-hydrogen) atoms. The zero-order valence-electron chi connectivity index (χ0n) is 11.0. The molecule has 2 N–H and O–H groups in total. The quantitative estimate of drug-likeness (QED) is 0.867. The van der Waals surface area contributed by atoms with Crippen LogP contribution in [0.3, 0.4) is 0 Å². The van der Waals surface area contributed by atoms with Gasteiger partial charge in [-0.15, -0.1) is 11.8 Å². The third-order valence-electron chi connectivity index (χ3n) is 3.36. The molecule has 0 spiro atoms. The van der Waals surface area contributed by atoms with E-state index in [2.05, 4.69) is 0 Å². The fourth-order valence-electron chi connectivity index (χ4n) is 2.23. The van der Waals surface area contributed by atoms with Gasteiger partial charge >= 0.3 is 0 Å². The molecule has 1 aromatic rings. The summed E-state index contributed by atoms with van der Waals surface area (Å²) in [5.74, 6) is -0.171. The summed E-state index contributed by atoms with van der Waals surface area (Å²) in [7, 11) is 0. The molecule has 2 rings (SSSR count). The highest BCUT2D eigenvalue weighted by atomic mass is 35.5. The van der Waals surface area contributed by atoms with E-state index in [1.165, 1.54) is 11.8 Å². The number of piperidine rings is 1. The van der Waals surface area contributed by atoms with E-state index in [1.807, 2.05) is 18.2 Å². The molecule has 6 heteroatoms. The van der Waals surface area contributed by atoms with E-state index in [1.54, 1.807) is 11.0 Å². The molecule has 0 aromatic heterocycles. The maximum absolute atomic E-state index is 12.2. The molecular formula is C14H17ClN2O2S. The van der Waals surface area contributed by atoms with E-state index in [4.69, 9.17) is 17.3 Å². The number of hydrogen-bond acceptors (Lipinski definition) is 3. The average molecular weight is 313 g/mol. The Morgan fingerprint density at radius 2 is 2.15 bits per heavy atom. The second-order valence-electron chi connectivity index (χ2n) is 4.80. The first kappa shape index (κ1) is 15.2. The molecule has 4 nitrogen and oxygen atoms in total. The number of benzene rings is 1. The standard InChI is InChI=1S/C14H17ClN2O2S/c15-11-5-1-2-6-12(11)20-9-13(18)17-7-3-4-10(8-17)14(16)19/h1-2,5-6,10H,3-4,7-9H2,(H2,16,19). The SMILES string of the molecule is NC(=O)C1CCCN(C(=O)CSc2ccccc2Cl)C1. The summed E-state index contributed by atoms with van der Waals surface area (Å²) in [6.45, 7) is 1.14. The zero-order chi connectivity index (χ0) is 14.5. The van der Waals surface area contributed by atoms with Gasteiger partial charge in [-0.25, -0.2) is 0 Å². The van der Waals surface area contributed by atoms with Crippen LogP contribution in [-0.2, 0) is 9.59 Å². The van der Waals surface area contributed by atoms with Crippen molar-refractivity contribution in [3.63, 3.8) is 0 Å². The monoisotopic (exact) mass is 312 g/mol. The maximum Gasteiger partial charge on any atom is 0.232 e. The van der Waals surface area contributed by atoms with Gasteiger partial charge in [0, 0.05) is 18.0 Å². The van der Waals surface area contributed by atoms with Gasteiger partial charge in [0.15, 0.2) is 0 Å². The van der Waals surface area contributed by atoms with E-state index in [0.29, 0.717) is 23.9 Å². The Hall–Kier alpha value is -1.20. The molecule has 1 saturated heterocycles. The van der Waals surface area contributed by atoms with Crippen LogP contribution in [0, 0.1) is 5.92 Å². The Balaban J connectivity index is 1.89. The molecule has 1 aliphatic rings. The predicted molar refractivity (Wildman–Crippen MR) is 80.7 cm³/mol. The Morgan fingerprint density at radius 3 is 2.85 bits per heavy atom. The van der Waals surface area contributed by atoms with Crippen molar-refractivity contribution in [2.24, 2.45) is 11.7 Å². The molecule has 108 valence electrons. The second kappa shape index (κ2) is 6.99. The molecular weight excluding hydrogens is 296 g/mol. The summed E-state index contributed by atoms with van der Waals surface area (Å²) in [5, 5.41) is 0.652. The molecule has 1 aromatic carbocycles. The first-order valence-electron chi connectivity index (χ1n) is 6.52. The van der Waals surface area contributed by atoms with E-state index in [9.17, 15) is 9.59 Å². The van der Waals surface area contributed by atoms with Crippen molar-refractivity contribution in [2.75, 3.05) is 18.8 Å². The van der Waals surface area contributed by atoms with Crippen molar-refractivity contribution in [3.05, 3.63) is 29.3 Å². The van der Waals surface area contributed by atoms with Gasteiger partial charge in [-0.05, 0) is 25.0 Å². The van der Waals surface area contributed by atoms with Gasteiger partial charge in [0.1, 0.15) is 0 Å². The number of amides is 2. The summed E-state index contributed by atoms with van der Waals surface area (Å²) in [4.78, 5) is 26.0. The summed E-state index contributed by atoms with van der Waals surface area (Å²) in [6.07, 6.45) is 1.60. The number of carbonyl (C=O) groups is 2. The van der Waals surface area contributed by atoms with Crippen LogP contribution in [-0.4, -0.2) is 35.6 Å². The molecule has 2 amide bonds. The lowest BCUT2D eigenvalue weighted by Gasteiger charge is -2.31. The maximum atomic E-state index is 12.2. The third kappa shape index (κ3) is 3.90. The number of thioether (sulfide) groups is 1. The van der Waals surface area contributed by atoms with Gasteiger partial charge in [-0.3, -0.25) is 9.59 Å². The predicted octanol–water partition coefficient (Wildman–Crippen LogP) is 2.16.